The molecule has 0 saturated carbocycles. The Labute approximate surface area is 203 Å². The van der Waals surface area contributed by atoms with Crippen molar-refractivity contribution in [3.63, 3.8) is 0 Å². The van der Waals surface area contributed by atoms with E-state index in [0.717, 1.165) is 4.31 Å². The summed E-state index contributed by atoms with van der Waals surface area (Å²) in [6.45, 7) is 1.88. The van der Waals surface area contributed by atoms with Gasteiger partial charge in [0.1, 0.15) is 5.75 Å². The van der Waals surface area contributed by atoms with E-state index in [1.807, 2.05) is 0 Å². The molecule has 1 amide bonds. The van der Waals surface area contributed by atoms with Crippen LogP contribution in [0.1, 0.15) is 27.6 Å². The predicted octanol–water partition coefficient (Wildman–Crippen LogP) is 4.60. The minimum atomic E-state index is -3.80. The summed E-state index contributed by atoms with van der Waals surface area (Å²) in [4.78, 5) is 24.8. The van der Waals surface area contributed by atoms with E-state index < -0.39 is 21.9 Å². The molecule has 0 atom stereocenters. The smallest absolute Gasteiger partial charge is 0.339 e. The van der Waals surface area contributed by atoms with Gasteiger partial charge in [-0.1, -0.05) is 11.6 Å². The topological polar surface area (TPSA) is 102 Å². The molecule has 0 aliphatic heterocycles. The molecule has 1 N–H and O–H groups in total. The molecule has 0 fully saturated rings. The number of sulfonamides is 1. The maximum absolute atomic E-state index is 12.9. The van der Waals surface area contributed by atoms with Crippen molar-refractivity contribution in [3.05, 3.63) is 82.9 Å². The maximum atomic E-state index is 12.9. The van der Waals surface area contributed by atoms with Crippen molar-refractivity contribution >= 4 is 44.9 Å². The first-order valence-electron chi connectivity index (χ1n) is 10.2. The van der Waals surface area contributed by atoms with Crippen molar-refractivity contribution < 1.29 is 27.5 Å². The maximum Gasteiger partial charge on any atom is 0.339 e. The first-order chi connectivity index (χ1) is 16.2. The van der Waals surface area contributed by atoms with E-state index in [-0.39, 0.29) is 22.1 Å². The van der Waals surface area contributed by atoms with Crippen molar-refractivity contribution in [2.75, 3.05) is 30.4 Å². The molecule has 0 bridgehead atoms. The fourth-order valence-electron chi connectivity index (χ4n) is 3.04. The molecule has 0 aliphatic carbocycles. The van der Waals surface area contributed by atoms with Crippen LogP contribution in [-0.2, 0) is 14.8 Å². The largest absolute Gasteiger partial charge is 0.497 e. The molecule has 34 heavy (non-hydrogen) atoms. The van der Waals surface area contributed by atoms with Gasteiger partial charge < -0.3 is 14.8 Å². The lowest BCUT2D eigenvalue weighted by Crippen LogP contribution is -2.26. The van der Waals surface area contributed by atoms with Crippen LogP contribution in [0.15, 0.2) is 71.6 Å². The average molecular weight is 503 g/mol. The van der Waals surface area contributed by atoms with Gasteiger partial charge in [0, 0.05) is 18.3 Å². The molecule has 0 unspecified atom stereocenters. The third kappa shape index (κ3) is 5.49. The number of ether oxygens (including phenoxy) is 2. The highest BCUT2D eigenvalue weighted by Crippen LogP contribution is 2.25. The van der Waals surface area contributed by atoms with Crippen LogP contribution in [0.25, 0.3) is 0 Å². The average Bonchev–Trinajstić information content (AvgIpc) is 2.85. The molecule has 3 rings (SSSR count). The predicted molar refractivity (Wildman–Crippen MR) is 130 cm³/mol. The quantitative estimate of drug-likeness (QED) is 0.451. The van der Waals surface area contributed by atoms with Crippen LogP contribution in [0.2, 0.25) is 5.02 Å². The normalized spacial score (nSPS) is 10.9. The zero-order chi connectivity index (χ0) is 24.9. The van der Waals surface area contributed by atoms with E-state index in [0.29, 0.717) is 22.7 Å². The summed E-state index contributed by atoms with van der Waals surface area (Å²) >= 11 is 6.05. The van der Waals surface area contributed by atoms with E-state index >= 15 is 0 Å². The molecular weight excluding hydrogens is 480 g/mol. The number of amides is 1. The minimum Gasteiger partial charge on any atom is -0.497 e. The minimum absolute atomic E-state index is 0.109. The number of methoxy groups -OCH3 is 1. The number of carbonyl (C=O) groups is 2. The van der Waals surface area contributed by atoms with Crippen molar-refractivity contribution in [2.45, 2.75) is 11.8 Å². The van der Waals surface area contributed by atoms with Crippen LogP contribution in [0.4, 0.5) is 11.4 Å². The zero-order valence-corrected chi connectivity index (χ0v) is 20.3. The van der Waals surface area contributed by atoms with Gasteiger partial charge in [-0.2, -0.15) is 0 Å². The number of hydrogen-bond acceptors (Lipinski definition) is 6. The highest BCUT2D eigenvalue weighted by atomic mass is 35.5. The van der Waals surface area contributed by atoms with Crippen LogP contribution >= 0.6 is 11.6 Å². The lowest BCUT2D eigenvalue weighted by molar-refractivity contribution is 0.0526. The molecule has 0 aliphatic rings. The fourth-order valence-corrected chi connectivity index (χ4v) is 4.43. The summed E-state index contributed by atoms with van der Waals surface area (Å²) in [6.07, 6.45) is 0. The molecule has 10 heteroatoms. The van der Waals surface area contributed by atoms with E-state index in [1.165, 1.54) is 62.7 Å². The Kier molecular flexibility index (Phi) is 7.80. The fraction of sp³-hybridized carbons (Fsp3) is 0.167. The standard InChI is InChI=1S/C24H23ClN2O6S/c1-4-33-24(29)21-15-17(7-14-22(21)25)26-23(28)16-5-8-18(9-6-16)27(2)34(30,31)20-12-10-19(32-3)11-13-20/h5-15H,4H2,1-3H3,(H,26,28). The summed E-state index contributed by atoms with van der Waals surface area (Å²) in [5.74, 6) is -0.481. The van der Waals surface area contributed by atoms with Gasteiger partial charge in [-0.3, -0.25) is 9.10 Å². The van der Waals surface area contributed by atoms with Crippen LogP contribution in [0, 0.1) is 0 Å². The van der Waals surface area contributed by atoms with Crippen molar-refractivity contribution in [1.29, 1.82) is 0 Å². The van der Waals surface area contributed by atoms with Crippen LogP contribution in [0.5, 0.6) is 5.75 Å². The van der Waals surface area contributed by atoms with Gasteiger partial charge in [0.05, 0.1) is 34.9 Å². The molecule has 178 valence electrons. The van der Waals surface area contributed by atoms with Crippen molar-refractivity contribution in [3.8, 4) is 5.75 Å². The van der Waals surface area contributed by atoms with Gasteiger partial charge in [-0.25, -0.2) is 13.2 Å². The first kappa shape index (κ1) is 25.1. The summed E-state index contributed by atoms with van der Waals surface area (Å²) in [6, 6.07) is 16.6. The summed E-state index contributed by atoms with van der Waals surface area (Å²) in [7, 11) is -0.870. The van der Waals surface area contributed by atoms with Gasteiger partial charge in [0.2, 0.25) is 0 Å². The van der Waals surface area contributed by atoms with E-state index in [1.54, 1.807) is 25.1 Å². The summed E-state index contributed by atoms with van der Waals surface area (Å²) < 4.78 is 37.0. The second kappa shape index (κ2) is 10.6. The molecule has 3 aromatic carbocycles. The Morgan fingerprint density at radius 1 is 1.00 bits per heavy atom. The van der Waals surface area contributed by atoms with Gasteiger partial charge in [0.25, 0.3) is 15.9 Å². The summed E-state index contributed by atoms with van der Waals surface area (Å²) in [5, 5.41) is 2.90. The Hall–Kier alpha value is -3.56. The van der Waals surface area contributed by atoms with Crippen LogP contribution in [-0.4, -0.2) is 41.1 Å². The number of benzene rings is 3. The number of esters is 1. The number of halogens is 1. The molecule has 0 saturated heterocycles. The van der Waals surface area contributed by atoms with Gasteiger partial charge in [0.15, 0.2) is 0 Å². The molecule has 0 aromatic heterocycles. The van der Waals surface area contributed by atoms with Crippen molar-refractivity contribution in [1.82, 2.24) is 0 Å². The van der Waals surface area contributed by atoms with E-state index in [4.69, 9.17) is 21.1 Å². The highest BCUT2D eigenvalue weighted by molar-refractivity contribution is 7.92. The number of nitrogens with zero attached hydrogens (tertiary/aromatic N) is 1. The first-order valence-corrected chi connectivity index (χ1v) is 12.0. The third-order valence-corrected chi connectivity index (χ3v) is 7.06. The SMILES string of the molecule is CCOC(=O)c1cc(NC(=O)c2ccc(N(C)S(=O)(=O)c3ccc(OC)cc3)cc2)ccc1Cl. The van der Waals surface area contributed by atoms with Crippen molar-refractivity contribution in [2.24, 2.45) is 0 Å². The highest BCUT2D eigenvalue weighted by Gasteiger charge is 2.22. The number of carbonyl (C=O) groups excluding carboxylic acids is 2. The zero-order valence-electron chi connectivity index (χ0n) is 18.7. The van der Waals surface area contributed by atoms with Crippen LogP contribution < -0.4 is 14.4 Å². The summed E-state index contributed by atoms with van der Waals surface area (Å²) in [5.41, 5.74) is 1.18. The lowest BCUT2D eigenvalue weighted by atomic mass is 10.1. The van der Waals surface area contributed by atoms with E-state index in [2.05, 4.69) is 5.32 Å². The Morgan fingerprint density at radius 2 is 1.65 bits per heavy atom. The Bertz CT molecular complexity index is 1290. The number of rotatable bonds is 8. The molecule has 8 nitrogen and oxygen atoms in total. The second-order valence-corrected chi connectivity index (χ2v) is 9.44. The number of anilines is 2. The molecule has 0 spiro atoms. The molecule has 3 aromatic rings. The molecular formula is C24H23ClN2O6S. The molecule has 0 heterocycles. The lowest BCUT2D eigenvalue weighted by Gasteiger charge is -2.20. The van der Waals surface area contributed by atoms with Crippen LogP contribution in [0.3, 0.4) is 0 Å². The number of hydrogen-bond donors (Lipinski definition) is 1. The Balaban J connectivity index is 1.75. The Morgan fingerprint density at radius 3 is 2.24 bits per heavy atom. The van der Waals surface area contributed by atoms with Gasteiger partial charge in [-0.05, 0) is 73.7 Å². The number of nitrogens with one attached hydrogen (secondary N) is 1. The monoisotopic (exact) mass is 502 g/mol. The second-order valence-electron chi connectivity index (χ2n) is 7.06. The van der Waals surface area contributed by atoms with Gasteiger partial charge >= 0.3 is 5.97 Å². The van der Waals surface area contributed by atoms with E-state index in [9.17, 15) is 18.0 Å². The third-order valence-electron chi connectivity index (χ3n) is 4.93. The van der Waals surface area contributed by atoms with Gasteiger partial charge in [-0.15, -0.1) is 0 Å². The molecule has 0 radical (unpaired) electrons.